The molecular formula is C18H25ClO2. The van der Waals surface area contributed by atoms with Crippen LogP contribution in [0.3, 0.4) is 0 Å². The molecule has 0 aromatic heterocycles. The molecule has 1 aromatic carbocycles. The van der Waals surface area contributed by atoms with Gasteiger partial charge >= 0.3 is 0 Å². The highest BCUT2D eigenvalue weighted by atomic mass is 35.5. The second-order valence-electron chi connectivity index (χ2n) is 6.44. The molecule has 0 bridgehead atoms. The fourth-order valence-corrected chi connectivity index (χ4v) is 4.41. The second-order valence-corrected chi connectivity index (χ2v) is 6.97. The third-order valence-electron chi connectivity index (χ3n) is 5.38. The minimum Gasteiger partial charge on any atom is -0.493 e. The maximum atomic E-state index is 6.56. The molecule has 1 aromatic rings. The van der Waals surface area contributed by atoms with Crippen LogP contribution in [0.25, 0.3) is 0 Å². The summed E-state index contributed by atoms with van der Waals surface area (Å²) in [6, 6.07) is 6.26. The van der Waals surface area contributed by atoms with E-state index in [1.165, 1.54) is 37.7 Å². The minimum atomic E-state index is 0.203. The average molecular weight is 309 g/mol. The summed E-state index contributed by atoms with van der Waals surface area (Å²) in [7, 11) is 1.71. The minimum absolute atomic E-state index is 0.203. The molecule has 2 aliphatic carbocycles. The second kappa shape index (κ2) is 6.08. The molecule has 116 valence electrons. The molecule has 2 saturated carbocycles. The first-order valence-electron chi connectivity index (χ1n) is 8.17. The van der Waals surface area contributed by atoms with E-state index in [-0.39, 0.29) is 16.9 Å². The van der Waals surface area contributed by atoms with Crippen LogP contribution in [0, 0.1) is 5.41 Å². The van der Waals surface area contributed by atoms with Crippen molar-refractivity contribution >= 4 is 11.6 Å². The van der Waals surface area contributed by atoms with Gasteiger partial charge in [0.15, 0.2) is 11.5 Å². The van der Waals surface area contributed by atoms with Crippen molar-refractivity contribution in [3.05, 3.63) is 23.8 Å². The van der Waals surface area contributed by atoms with Crippen LogP contribution in [0.15, 0.2) is 18.2 Å². The van der Waals surface area contributed by atoms with E-state index in [2.05, 4.69) is 25.1 Å². The van der Waals surface area contributed by atoms with E-state index in [1.807, 2.05) is 0 Å². The number of aryl methyl sites for hydroxylation is 1. The van der Waals surface area contributed by atoms with Crippen LogP contribution < -0.4 is 9.47 Å². The maximum Gasteiger partial charge on any atom is 0.161 e. The Labute approximate surface area is 132 Å². The van der Waals surface area contributed by atoms with E-state index in [9.17, 15) is 0 Å². The number of rotatable bonds is 4. The Morgan fingerprint density at radius 1 is 1.19 bits per heavy atom. The molecule has 0 saturated heterocycles. The van der Waals surface area contributed by atoms with E-state index in [0.29, 0.717) is 0 Å². The first-order valence-corrected chi connectivity index (χ1v) is 8.61. The van der Waals surface area contributed by atoms with Crippen molar-refractivity contribution in [1.29, 1.82) is 0 Å². The lowest BCUT2D eigenvalue weighted by atomic mass is 9.58. The van der Waals surface area contributed by atoms with Gasteiger partial charge in [-0.15, -0.1) is 11.6 Å². The number of ether oxygens (including phenoxy) is 2. The van der Waals surface area contributed by atoms with E-state index >= 15 is 0 Å². The molecule has 0 aliphatic heterocycles. The quantitative estimate of drug-likeness (QED) is 0.731. The Morgan fingerprint density at radius 2 is 1.95 bits per heavy atom. The molecule has 21 heavy (non-hydrogen) atoms. The number of benzene rings is 1. The van der Waals surface area contributed by atoms with Crippen LogP contribution in [0.2, 0.25) is 0 Å². The Balaban J connectivity index is 1.77. The Hall–Kier alpha value is -0.890. The van der Waals surface area contributed by atoms with Gasteiger partial charge in [0.1, 0.15) is 6.10 Å². The standard InChI is InChI=1S/C18H25ClO2/c1-3-13-7-8-14(15(11-13)20-2)21-17-12-16(19)18(17)9-5-4-6-10-18/h7-8,11,16-17H,3-6,9-10,12H2,1-2H3. The third-order valence-corrected chi connectivity index (χ3v) is 5.99. The molecule has 0 heterocycles. The normalized spacial score (nSPS) is 27.2. The van der Waals surface area contributed by atoms with Crippen molar-refractivity contribution in [2.45, 2.75) is 63.4 Å². The van der Waals surface area contributed by atoms with Crippen molar-refractivity contribution in [3.8, 4) is 11.5 Å². The van der Waals surface area contributed by atoms with Gasteiger partial charge in [0.2, 0.25) is 0 Å². The summed E-state index contributed by atoms with van der Waals surface area (Å²) in [5, 5.41) is 0.281. The van der Waals surface area contributed by atoms with Gasteiger partial charge in [0.05, 0.1) is 7.11 Å². The van der Waals surface area contributed by atoms with Gasteiger partial charge in [0.25, 0.3) is 0 Å². The fourth-order valence-electron chi connectivity index (χ4n) is 3.89. The molecule has 2 nitrogen and oxygen atoms in total. The van der Waals surface area contributed by atoms with Crippen LogP contribution in [0.5, 0.6) is 11.5 Å². The SMILES string of the molecule is CCc1ccc(OC2CC(Cl)C23CCCCC3)c(OC)c1. The highest BCUT2D eigenvalue weighted by Gasteiger charge is 2.56. The van der Waals surface area contributed by atoms with E-state index < -0.39 is 0 Å². The van der Waals surface area contributed by atoms with Crippen molar-refractivity contribution < 1.29 is 9.47 Å². The van der Waals surface area contributed by atoms with Crippen LogP contribution in [0.4, 0.5) is 0 Å². The van der Waals surface area contributed by atoms with Crippen LogP contribution in [-0.4, -0.2) is 18.6 Å². The van der Waals surface area contributed by atoms with Crippen molar-refractivity contribution in [3.63, 3.8) is 0 Å². The van der Waals surface area contributed by atoms with Gasteiger partial charge in [-0.05, 0) is 37.0 Å². The van der Waals surface area contributed by atoms with Gasteiger partial charge in [-0.1, -0.05) is 32.3 Å². The zero-order chi connectivity index (χ0) is 14.9. The van der Waals surface area contributed by atoms with Crippen molar-refractivity contribution in [2.24, 2.45) is 5.41 Å². The van der Waals surface area contributed by atoms with Gasteiger partial charge in [-0.3, -0.25) is 0 Å². The number of methoxy groups -OCH3 is 1. The lowest BCUT2D eigenvalue weighted by Crippen LogP contribution is -2.58. The molecule has 1 spiro atoms. The van der Waals surface area contributed by atoms with E-state index in [4.69, 9.17) is 21.1 Å². The predicted octanol–water partition coefficient (Wildman–Crippen LogP) is 4.97. The van der Waals surface area contributed by atoms with Gasteiger partial charge in [-0.2, -0.15) is 0 Å². The molecule has 2 atom stereocenters. The summed E-state index contributed by atoms with van der Waals surface area (Å²) in [5.41, 5.74) is 1.48. The number of hydrogen-bond acceptors (Lipinski definition) is 2. The fraction of sp³-hybridized carbons (Fsp3) is 0.667. The topological polar surface area (TPSA) is 18.5 Å². The largest absolute Gasteiger partial charge is 0.493 e. The Kier molecular flexibility index (Phi) is 4.35. The van der Waals surface area contributed by atoms with Gasteiger partial charge in [-0.25, -0.2) is 0 Å². The highest BCUT2D eigenvalue weighted by Crippen LogP contribution is 2.56. The number of halogens is 1. The summed E-state index contributed by atoms with van der Waals surface area (Å²) in [5.74, 6) is 1.71. The molecule has 0 radical (unpaired) electrons. The Bertz CT molecular complexity index is 494. The van der Waals surface area contributed by atoms with E-state index in [0.717, 1.165) is 24.3 Å². The first-order chi connectivity index (χ1) is 10.2. The third kappa shape index (κ3) is 2.63. The summed E-state index contributed by atoms with van der Waals surface area (Å²) < 4.78 is 11.8. The lowest BCUT2D eigenvalue weighted by Gasteiger charge is -2.55. The van der Waals surface area contributed by atoms with Crippen molar-refractivity contribution in [1.82, 2.24) is 0 Å². The molecule has 2 unspecified atom stereocenters. The summed E-state index contributed by atoms with van der Waals surface area (Å²) in [6.07, 6.45) is 8.55. The summed E-state index contributed by atoms with van der Waals surface area (Å²) >= 11 is 6.56. The first kappa shape index (κ1) is 15.0. The van der Waals surface area contributed by atoms with Crippen LogP contribution >= 0.6 is 11.6 Å². The summed E-state index contributed by atoms with van der Waals surface area (Å²) in [4.78, 5) is 0. The van der Waals surface area contributed by atoms with Gasteiger partial charge < -0.3 is 9.47 Å². The maximum absolute atomic E-state index is 6.56. The van der Waals surface area contributed by atoms with E-state index in [1.54, 1.807) is 7.11 Å². The smallest absolute Gasteiger partial charge is 0.161 e. The Morgan fingerprint density at radius 3 is 2.57 bits per heavy atom. The highest BCUT2D eigenvalue weighted by molar-refractivity contribution is 6.21. The van der Waals surface area contributed by atoms with Crippen molar-refractivity contribution in [2.75, 3.05) is 7.11 Å². The average Bonchev–Trinajstić information content (AvgIpc) is 2.55. The predicted molar refractivity (Wildman–Crippen MR) is 86.6 cm³/mol. The molecule has 2 fully saturated rings. The zero-order valence-electron chi connectivity index (χ0n) is 13.0. The number of hydrogen-bond donors (Lipinski definition) is 0. The molecule has 3 rings (SSSR count). The molecular weight excluding hydrogens is 284 g/mol. The molecule has 0 amide bonds. The number of alkyl halides is 1. The monoisotopic (exact) mass is 308 g/mol. The molecule has 2 aliphatic rings. The summed E-state index contributed by atoms with van der Waals surface area (Å²) in [6.45, 7) is 2.15. The zero-order valence-corrected chi connectivity index (χ0v) is 13.8. The molecule has 3 heteroatoms. The lowest BCUT2D eigenvalue weighted by molar-refractivity contribution is -0.0659. The molecule has 0 N–H and O–H groups in total. The van der Waals surface area contributed by atoms with Crippen LogP contribution in [-0.2, 0) is 6.42 Å². The van der Waals surface area contributed by atoms with Gasteiger partial charge in [0, 0.05) is 17.2 Å². The van der Waals surface area contributed by atoms with Crippen LogP contribution in [0.1, 0.15) is 51.0 Å².